The molecule has 3 aromatic rings. The first kappa shape index (κ1) is 18.7. The lowest BCUT2D eigenvalue weighted by atomic mass is 9.94. The second kappa shape index (κ2) is 8.05. The highest BCUT2D eigenvalue weighted by atomic mass is 16.5. The molecule has 0 unspecified atom stereocenters. The van der Waals surface area contributed by atoms with Gasteiger partial charge in [-0.3, -0.25) is 10.4 Å². The second-order valence-corrected chi connectivity index (χ2v) is 6.57. The van der Waals surface area contributed by atoms with E-state index in [0.717, 1.165) is 10.9 Å². The van der Waals surface area contributed by atoms with Crippen LogP contribution in [0.3, 0.4) is 0 Å². The lowest BCUT2D eigenvalue weighted by Gasteiger charge is -2.27. The molecule has 0 aliphatic rings. The number of carbonyl (C=O) groups excluding carboxylic acids is 1. The van der Waals surface area contributed by atoms with E-state index < -0.39 is 18.2 Å². The van der Waals surface area contributed by atoms with Gasteiger partial charge < -0.3 is 15.2 Å². The maximum atomic E-state index is 12.5. The monoisotopic (exact) mass is 369 g/mol. The standard InChI is InChI=1S/C19H23N5O3/c1-11(2)17(25)16(12-7-5-4-6-8-12)22-19(26)21-15-9-14-13(10-20-15)18(27-3)24-23-14/h4-11,16-17,25H,1-3H3,(H,23,24)(H2,20,21,22,26)/t16-,17+/m0/s1. The third-order valence-corrected chi connectivity index (χ3v) is 4.32. The van der Waals surface area contributed by atoms with Crippen LogP contribution in [0.4, 0.5) is 10.6 Å². The van der Waals surface area contributed by atoms with Crippen LogP contribution in [0, 0.1) is 5.92 Å². The zero-order valence-electron chi connectivity index (χ0n) is 15.4. The summed E-state index contributed by atoms with van der Waals surface area (Å²) in [6.45, 7) is 3.81. The first-order valence-electron chi connectivity index (χ1n) is 8.68. The molecule has 0 radical (unpaired) electrons. The largest absolute Gasteiger partial charge is 0.479 e. The number of anilines is 1. The lowest BCUT2D eigenvalue weighted by Crippen LogP contribution is -2.40. The van der Waals surface area contributed by atoms with Gasteiger partial charge in [-0.25, -0.2) is 9.78 Å². The number of urea groups is 1. The van der Waals surface area contributed by atoms with Crippen LogP contribution in [0.15, 0.2) is 42.6 Å². The van der Waals surface area contributed by atoms with E-state index in [1.807, 2.05) is 44.2 Å². The number of pyridine rings is 1. The normalized spacial score (nSPS) is 13.4. The van der Waals surface area contributed by atoms with E-state index in [1.54, 1.807) is 12.3 Å². The lowest BCUT2D eigenvalue weighted by molar-refractivity contribution is 0.0870. The van der Waals surface area contributed by atoms with Crippen molar-refractivity contribution in [1.29, 1.82) is 0 Å². The number of nitrogens with zero attached hydrogens (tertiary/aromatic N) is 2. The van der Waals surface area contributed by atoms with Gasteiger partial charge in [-0.1, -0.05) is 44.2 Å². The number of hydrogen-bond donors (Lipinski definition) is 4. The molecule has 0 aliphatic heterocycles. The van der Waals surface area contributed by atoms with Crippen molar-refractivity contribution in [3.05, 3.63) is 48.2 Å². The molecular weight excluding hydrogens is 346 g/mol. The Bertz CT molecular complexity index is 910. The van der Waals surface area contributed by atoms with Crippen molar-refractivity contribution in [1.82, 2.24) is 20.5 Å². The number of H-pyrrole nitrogens is 1. The van der Waals surface area contributed by atoms with Crippen molar-refractivity contribution in [2.24, 2.45) is 5.92 Å². The summed E-state index contributed by atoms with van der Waals surface area (Å²) in [5.41, 5.74) is 1.52. The molecule has 0 aliphatic carbocycles. The van der Waals surface area contributed by atoms with E-state index in [2.05, 4.69) is 25.8 Å². The van der Waals surface area contributed by atoms with Crippen LogP contribution in [-0.2, 0) is 0 Å². The molecule has 2 amide bonds. The Kier molecular flexibility index (Phi) is 5.56. The summed E-state index contributed by atoms with van der Waals surface area (Å²) in [6.07, 6.45) is 0.843. The first-order valence-corrected chi connectivity index (χ1v) is 8.68. The van der Waals surface area contributed by atoms with E-state index in [9.17, 15) is 9.90 Å². The number of methoxy groups -OCH3 is 1. The number of carbonyl (C=O) groups is 1. The molecule has 2 aromatic heterocycles. The number of rotatable bonds is 6. The van der Waals surface area contributed by atoms with Crippen molar-refractivity contribution in [2.45, 2.75) is 26.0 Å². The average molecular weight is 369 g/mol. The van der Waals surface area contributed by atoms with E-state index in [-0.39, 0.29) is 5.92 Å². The van der Waals surface area contributed by atoms with Crippen LogP contribution in [0.2, 0.25) is 0 Å². The Hall–Kier alpha value is -3.13. The van der Waals surface area contributed by atoms with Crippen LogP contribution in [0.1, 0.15) is 25.5 Å². The number of benzene rings is 1. The minimum atomic E-state index is -0.731. The molecule has 3 rings (SSSR count). The van der Waals surface area contributed by atoms with Crippen molar-refractivity contribution in [3.63, 3.8) is 0 Å². The highest BCUT2D eigenvalue weighted by Crippen LogP contribution is 2.24. The predicted molar refractivity (Wildman–Crippen MR) is 103 cm³/mol. The molecule has 0 bridgehead atoms. The van der Waals surface area contributed by atoms with E-state index in [1.165, 1.54) is 7.11 Å². The number of aliphatic hydroxyl groups excluding tert-OH is 1. The van der Waals surface area contributed by atoms with Crippen LogP contribution in [-0.4, -0.2) is 39.5 Å². The highest BCUT2D eigenvalue weighted by molar-refractivity contribution is 5.92. The Morgan fingerprint density at radius 2 is 2.00 bits per heavy atom. The van der Waals surface area contributed by atoms with Crippen LogP contribution >= 0.6 is 0 Å². The molecular formula is C19H23N5O3. The molecule has 2 heterocycles. The summed E-state index contributed by atoms with van der Waals surface area (Å²) in [7, 11) is 1.53. The number of aromatic amines is 1. The van der Waals surface area contributed by atoms with Gasteiger partial charge in [-0.2, -0.15) is 0 Å². The summed E-state index contributed by atoms with van der Waals surface area (Å²) >= 11 is 0. The first-order chi connectivity index (χ1) is 13.0. The van der Waals surface area contributed by atoms with Crippen molar-refractivity contribution in [2.75, 3.05) is 12.4 Å². The molecule has 4 N–H and O–H groups in total. The van der Waals surface area contributed by atoms with Gasteiger partial charge in [0, 0.05) is 12.3 Å². The molecule has 142 valence electrons. The van der Waals surface area contributed by atoms with Crippen LogP contribution in [0.5, 0.6) is 5.88 Å². The summed E-state index contributed by atoms with van der Waals surface area (Å²) in [5, 5.41) is 23.6. The SMILES string of the molecule is COc1n[nH]c2cc(NC(=O)N[C@@H](c3ccccc3)[C@H](O)C(C)C)ncc12. The van der Waals surface area contributed by atoms with Crippen LogP contribution < -0.4 is 15.4 Å². The third kappa shape index (κ3) is 4.17. The second-order valence-electron chi connectivity index (χ2n) is 6.57. The highest BCUT2D eigenvalue weighted by Gasteiger charge is 2.25. The number of amides is 2. The zero-order valence-corrected chi connectivity index (χ0v) is 15.4. The van der Waals surface area contributed by atoms with Gasteiger partial charge in [0.05, 0.1) is 30.2 Å². The fourth-order valence-corrected chi connectivity index (χ4v) is 2.82. The predicted octanol–water partition coefficient (Wildman–Crippen LogP) is 2.85. The number of hydrogen-bond acceptors (Lipinski definition) is 5. The molecule has 0 saturated heterocycles. The fourth-order valence-electron chi connectivity index (χ4n) is 2.82. The van der Waals surface area contributed by atoms with Gasteiger partial charge in [0.2, 0.25) is 5.88 Å². The molecule has 8 nitrogen and oxygen atoms in total. The molecule has 0 saturated carbocycles. The van der Waals surface area contributed by atoms with Gasteiger partial charge >= 0.3 is 6.03 Å². The van der Waals surface area contributed by atoms with Crippen molar-refractivity contribution in [3.8, 4) is 5.88 Å². The minimum absolute atomic E-state index is 0.0255. The number of nitrogens with one attached hydrogen (secondary N) is 3. The zero-order chi connectivity index (χ0) is 19.4. The maximum absolute atomic E-state index is 12.5. The van der Waals surface area contributed by atoms with E-state index >= 15 is 0 Å². The van der Waals surface area contributed by atoms with Gasteiger partial charge in [0.15, 0.2) is 0 Å². The Morgan fingerprint density at radius 3 is 2.67 bits per heavy atom. The van der Waals surface area contributed by atoms with Gasteiger partial charge in [-0.15, -0.1) is 5.10 Å². The number of fused-ring (bicyclic) bond motifs is 1. The summed E-state index contributed by atoms with van der Waals surface area (Å²) < 4.78 is 5.13. The number of ether oxygens (including phenoxy) is 1. The molecule has 0 spiro atoms. The average Bonchev–Trinajstić information content (AvgIpc) is 3.08. The van der Waals surface area contributed by atoms with Gasteiger partial charge in [0.25, 0.3) is 0 Å². The molecule has 8 heteroatoms. The topological polar surface area (TPSA) is 112 Å². The Morgan fingerprint density at radius 1 is 1.26 bits per heavy atom. The summed E-state index contributed by atoms with van der Waals surface area (Å²) in [4.78, 5) is 16.7. The smallest absolute Gasteiger partial charge is 0.320 e. The quantitative estimate of drug-likeness (QED) is 0.534. The Balaban J connectivity index is 1.76. The van der Waals surface area contributed by atoms with Crippen molar-refractivity contribution < 1.29 is 14.6 Å². The van der Waals surface area contributed by atoms with Gasteiger partial charge in [0.1, 0.15) is 5.82 Å². The minimum Gasteiger partial charge on any atom is -0.479 e. The van der Waals surface area contributed by atoms with Crippen LogP contribution in [0.25, 0.3) is 10.9 Å². The summed E-state index contributed by atoms with van der Waals surface area (Å²) in [6, 6.07) is 10.0. The summed E-state index contributed by atoms with van der Waals surface area (Å²) in [5.74, 6) is 0.775. The van der Waals surface area contributed by atoms with E-state index in [4.69, 9.17) is 4.74 Å². The van der Waals surface area contributed by atoms with Gasteiger partial charge in [-0.05, 0) is 11.5 Å². The Labute approximate surface area is 157 Å². The third-order valence-electron chi connectivity index (χ3n) is 4.32. The molecule has 2 atom stereocenters. The molecule has 27 heavy (non-hydrogen) atoms. The van der Waals surface area contributed by atoms with E-state index in [0.29, 0.717) is 17.2 Å². The molecule has 1 aromatic carbocycles. The molecule has 0 fully saturated rings. The maximum Gasteiger partial charge on any atom is 0.320 e. The van der Waals surface area contributed by atoms with Crippen molar-refractivity contribution >= 4 is 22.8 Å². The number of aliphatic hydroxyl groups is 1. The number of aromatic nitrogens is 3. The fraction of sp³-hybridized carbons (Fsp3) is 0.316.